The summed E-state index contributed by atoms with van der Waals surface area (Å²) in [5, 5.41) is 0. The molecule has 0 spiro atoms. The van der Waals surface area contributed by atoms with Crippen molar-refractivity contribution in [2.75, 3.05) is 4.90 Å². The molecule has 5 heteroatoms. The maximum atomic E-state index is 13.2. The molecule has 31 heavy (non-hydrogen) atoms. The van der Waals surface area contributed by atoms with E-state index >= 15 is 0 Å². The van der Waals surface area contributed by atoms with E-state index in [1.54, 1.807) is 24.3 Å². The van der Waals surface area contributed by atoms with Crippen molar-refractivity contribution in [1.82, 2.24) is 0 Å². The third-order valence-corrected chi connectivity index (χ3v) is 7.43. The third-order valence-electron chi connectivity index (χ3n) is 7.43. The van der Waals surface area contributed by atoms with Crippen LogP contribution >= 0.6 is 0 Å². The lowest BCUT2D eigenvalue weighted by molar-refractivity contribution is -0.124. The molecule has 7 rings (SSSR count). The number of anilines is 1. The number of esters is 1. The largest absolute Gasteiger partial charge is 0.423 e. The van der Waals surface area contributed by atoms with E-state index in [1.807, 2.05) is 32.0 Å². The van der Waals surface area contributed by atoms with E-state index in [0.717, 1.165) is 17.5 Å². The topological polar surface area (TPSA) is 63.7 Å². The van der Waals surface area contributed by atoms with Gasteiger partial charge in [-0.2, -0.15) is 0 Å². The number of imide groups is 1. The first-order valence-electron chi connectivity index (χ1n) is 10.9. The smallest absolute Gasteiger partial charge is 0.343 e. The molecule has 1 aliphatic heterocycles. The predicted octanol–water partition coefficient (Wildman–Crippen LogP) is 4.08. The lowest BCUT2D eigenvalue weighted by atomic mass is 9.63. The fourth-order valence-corrected chi connectivity index (χ4v) is 6.12. The summed E-state index contributed by atoms with van der Waals surface area (Å²) in [6.07, 6.45) is 5.48. The van der Waals surface area contributed by atoms with E-state index in [-0.39, 0.29) is 35.5 Å². The van der Waals surface area contributed by atoms with Gasteiger partial charge in [0.15, 0.2) is 0 Å². The summed E-state index contributed by atoms with van der Waals surface area (Å²) in [5.74, 6) is 0.970. The highest BCUT2D eigenvalue weighted by Gasteiger charge is 2.67. The summed E-state index contributed by atoms with van der Waals surface area (Å²) < 4.78 is 5.51. The number of carbonyl (C=O) groups is 3. The number of hydrogen-bond acceptors (Lipinski definition) is 4. The summed E-state index contributed by atoms with van der Waals surface area (Å²) in [5.41, 5.74) is 2.95. The Morgan fingerprint density at radius 1 is 0.871 bits per heavy atom. The minimum atomic E-state index is -0.466. The molecule has 2 aromatic carbocycles. The van der Waals surface area contributed by atoms with Crippen molar-refractivity contribution in [2.45, 2.75) is 20.3 Å². The second-order valence-corrected chi connectivity index (χ2v) is 9.43. The third kappa shape index (κ3) is 2.72. The summed E-state index contributed by atoms with van der Waals surface area (Å²) in [7, 11) is 0. The van der Waals surface area contributed by atoms with Crippen molar-refractivity contribution in [3.05, 3.63) is 71.3 Å². The van der Waals surface area contributed by atoms with Crippen molar-refractivity contribution < 1.29 is 19.1 Å². The maximum absolute atomic E-state index is 13.2. The normalized spacial score (nSPS) is 32.1. The highest BCUT2D eigenvalue weighted by Crippen LogP contribution is 2.65. The van der Waals surface area contributed by atoms with E-state index in [2.05, 4.69) is 12.2 Å². The molecule has 6 atom stereocenters. The van der Waals surface area contributed by atoms with Gasteiger partial charge in [0.1, 0.15) is 5.75 Å². The Morgan fingerprint density at radius 3 is 1.97 bits per heavy atom. The molecule has 1 saturated heterocycles. The monoisotopic (exact) mass is 413 g/mol. The molecule has 2 bridgehead atoms. The zero-order chi connectivity index (χ0) is 21.4. The number of carbonyl (C=O) groups excluding carboxylic acids is 3. The summed E-state index contributed by atoms with van der Waals surface area (Å²) >= 11 is 0. The van der Waals surface area contributed by atoms with Crippen LogP contribution in [-0.4, -0.2) is 17.8 Å². The number of aryl methyl sites for hydroxylation is 2. The van der Waals surface area contributed by atoms with Gasteiger partial charge >= 0.3 is 5.97 Å². The molecule has 2 saturated carbocycles. The van der Waals surface area contributed by atoms with Crippen LogP contribution in [0.3, 0.4) is 0 Å². The van der Waals surface area contributed by atoms with Crippen LogP contribution in [0.5, 0.6) is 5.75 Å². The lowest BCUT2D eigenvalue weighted by Gasteiger charge is -2.37. The second kappa shape index (κ2) is 6.39. The van der Waals surface area contributed by atoms with Crippen LogP contribution in [0.2, 0.25) is 0 Å². The van der Waals surface area contributed by atoms with Gasteiger partial charge in [0.2, 0.25) is 11.8 Å². The predicted molar refractivity (Wildman–Crippen MR) is 115 cm³/mol. The Balaban J connectivity index is 1.23. The second-order valence-electron chi connectivity index (χ2n) is 9.43. The Labute approximate surface area is 180 Å². The minimum absolute atomic E-state index is 0.0923. The average Bonchev–Trinajstić information content (AvgIpc) is 3.51. The van der Waals surface area contributed by atoms with Crippen molar-refractivity contribution in [2.24, 2.45) is 35.5 Å². The first-order valence-corrected chi connectivity index (χ1v) is 10.9. The molecule has 0 aromatic heterocycles. The maximum Gasteiger partial charge on any atom is 0.343 e. The van der Waals surface area contributed by atoms with Gasteiger partial charge in [-0.25, -0.2) is 4.79 Å². The van der Waals surface area contributed by atoms with Gasteiger partial charge < -0.3 is 4.74 Å². The number of rotatable bonds is 3. The standard InChI is InChI=1S/C26H23NO4/c1-13-9-14(2)11-17(10-13)31-26(30)15-3-5-16(6-4-15)27-24(28)22-18-7-8-19(21-12-20(18)21)23(22)25(27)29/h3-11,18-23H,12H2,1-2H3/t18-,19-,20-,21-,22+,23+/m0/s1. The minimum Gasteiger partial charge on any atom is -0.423 e. The quantitative estimate of drug-likeness (QED) is 0.329. The molecule has 1 heterocycles. The zero-order valence-corrected chi connectivity index (χ0v) is 17.4. The van der Waals surface area contributed by atoms with Gasteiger partial charge in [-0.05, 0) is 91.5 Å². The fraction of sp³-hybridized carbons (Fsp3) is 0.346. The van der Waals surface area contributed by atoms with Gasteiger partial charge in [-0.3, -0.25) is 14.5 Å². The fourth-order valence-electron chi connectivity index (χ4n) is 6.12. The van der Waals surface area contributed by atoms with Crippen LogP contribution < -0.4 is 9.64 Å². The Kier molecular flexibility index (Phi) is 3.83. The van der Waals surface area contributed by atoms with Crippen LogP contribution in [-0.2, 0) is 9.59 Å². The van der Waals surface area contributed by atoms with E-state index in [0.29, 0.717) is 28.8 Å². The molecular weight excluding hydrogens is 390 g/mol. The van der Waals surface area contributed by atoms with E-state index in [9.17, 15) is 14.4 Å². The van der Waals surface area contributed by atoms with Gasteiger partial charge in [-0.15, -0.1) is 0 Å². The van der Waals surface area contributed by atoms with Gasteiger partial charge in [0.05, 0.1) is 23.1 Å². The Morgan fingerprint density at radius 2 is 1.42 bits per heavy atom. The Bertz CT molecular complexity index is 1110. The van der Waals surface area contributed by atoms with E-state index < -0.39 is 5.97 Å². The van der Waals surface area contributed by atoms with Crippen LogP contribution in [0, 0.1) is 49.4 Å². The molecule has 0 radical (unpaired) electrons. The zero-order valence-electron chi connectivity index (χ0n) is 17.4. The average molecular weight is 413 g/mol. The molecule has 0 N–H and O–H groups in total. The van der Waals surface area contributed by atoms with Gasteiger partial charge in [-0.1, -0.05) is 18.2 Å². The summed E-state index contributed by atoms with van der Waals surface area (Å²) in [6, 6.07) is 12.2. The molecule has 2 amide bonds. The van der Waals surface area contributed by atoms with Crippen molar-refractivity contribution in [3.63, 3.8) is 0 Å². The first kappa shape index (κ1) is 18.6. The highest BCUT2D eigenvalue weighted by molar-refractivity contribution is 6.22. The molecular formula is C26H23NO4. The highest BCUT2D eigenvalue weighted by atomic mass is 16.5. The molecule has 5 aliphatic rings. The molecule has 3 fully saturated rings. The SMILES string of the molecule is Cc1cc(C)cc(OC(=O)c2ccc(N3C(=O)[C@@H]4[C@H]5C=C[C@@H]([C@@H]6C[C@@H]56)[C@H]4C3=O)cc2)c1. The first-order chi connectivity index (χ1) is 14.9. The number of allylic oxidation sites excluding steroid dienone is 2. The van der Waals surface area contributed by atoms with Crippen molar-refractivity contribution in [3.8, 4) is 5.75 Å². The molecule has 156 valence electrons. The molecule has 5 nitrogen and oxygen atoms in total. The van der Waals surface area contributed by atoms with Crippen LogP contribution in [0.25, 0.3) is 0 Å². The van der Waals surface area contributed by atoms with E-state index in [1.165, 1.54) is 4.90 Å². The van der Waals surface area contributed by atoms with E-state index in [4.69, 9.17) is 4.74 Å². The molecule has 2 aromatic rings. The summed E-state index contributed by atoms with van der Waals surface area (Å²) in [6.45, 7) is 3.90. The molecule has 0 unspecified atom stereocenters. The number of nitrogens with zero attached hydrogens (tertiary/aromatic N) is 1. The van der Waals surface area contributed by atoms with Crippen molar-refractivity contribution in [1.29, 1.82) is 0 Å². The van der Waals surface area contributed by atoms with Crippen LogP contribution in [0.1, 0.15) is 27.9 Å². The number of benzene rings is 2. The number of ether oxygens (including phenoxy) is 1. The van der Waals surface area contributed by atoms with Crippen LogP contribution in [0.15, 0.2) is 54.6 Å². The molecule has 4 aliphatic carbocycles. The Hall–Kier alpha value is -3.21. The summed E-state index contributed by atoms with van der Waals surface area (Å²) in [4.78, 5) is 40.3. The van der Waals surface area contributed by atoms with Crippen molar-refractivity contribution >= 4 is 23.5 Å². The van der Waals surface area contributed by atoms with Gasteiger partial charge in [0, 0.05) is 0 Å². The van der Waals surface area contributed by atoms with Crippen LogP contribution in [0.4, 0.5) is 5.69 Å². The number of hydrogen-bond donors (Lipinski definition) is 0. The lowest BCUT2D eigenvalue weighted by Crippen LogP contribution is -2.40. The van der Waals surface area contributed by atoms with Gasteiger partial charge in [0.25, 0.3) is 0 Å². The number of amides is 2.